The summed E-state index contributed by atoms with van der Waals surface area (Å²) in [4.78, 5) is 36.0. The quantitative estimate of drug-likeness (QED) is 0.287. The van der Waals surface area contributed by atoms with Crippen LogP contribution in [0.3, 0.4) is 0 Å². The number of imide groups is 1. The standard InChI is InChI=1S/C14H18N4O3/c1-9-14(21)16-13(20)8-18(9)7-11-4-2-10(3-5-11)6-12(19)17-15/h2-5,9H,6-8,15H2,1H3,(H,17,19)(H,16,20,21). The molecule has 1 unspecified atom stereocenters. The van der Waals surface area contributed by atoms with E-state index in [0.29, 0.717) is 6.54 Å². The third-order valence-corrected chi connectivity index (χ3v) is 3.47. The van der Waals surface area contributed by atoms with E-state index in [0.717, 1.165) is 11.1 Å². The predicted octanol–water partition coefficient (Wildman–Crippen LogP) is -0.934. The molecule has 0 bridgehead atoms. The highest BCUT2D eigenvalue weighted by Gasteiger charge is 2.29. The molecule has 0 radical (unpaired) electrons. The van der Waals surface area contributed by atoms with E-state index in [-0.39, 0.29) is 36.7 Å². The number of piperazine rings is 1. The zero-order valence-electron chi connectivity index (χ0n) is 11.8. The van der Waals surface area contributed by atoms with Crippen LogP contribution in [0.15, 0.2) is 24.3 Å². The number of nitrogens with one attached hydrogen (secondary N) is 2. The lowest BCUT2D eigenvalue weighted by Crippen LogP contribution is -2.56. The predicted molar refractivity (Wildman–Crippen MR) is 75.5 cm³/mol. The molecular weight excluding hydrogens is 272 g/mol. The van der Waals surface area contributed by atoms with Gasteiger partial charge in [0.15, 0.2) is 0 Å². The van der Waals surface area contributed by atoms with Crippen molar-refractivity contribution in [1.82, 2.24) is 15.6 Å². The van der Waals surface area contributed by atoms with Crippen LogP contribution in [0.1, 0.15) is 18.1 Å². The van der Waals surface area contributed by atoms with Crippen molar-refractivity contribution in [2.45, 2.75) is 25.9 Å². The van der Waals surface area contributed by atoms with Gasteiger partial charge >= 0.3 is 0 Å². The minimum atomic E-state index is -0.342. The first-order valence-corrected chi connectivity index (χ1v) is 6.64. The summed E-state index contributed by atoms with van der Waals surface area (Å²) in [6.07, 6.45) is 0.220. The van der Waals surface area contributed by atoms with Crippen LogP contribution in [0.4, 0.5) is 0 Å². The van der Waals surface area contributed by atoms with E-state index in [2.05, 4.69) is 10.7 Å². The maximum atomic E-state index is 11.6. The van der Waals surface area contributed by atoms with Gasteiger partial charge in [-0.3, -0.25) is 30.0 Å². The normalized spacial score (nSPS) is 19.2. The zero-order chi connectivity index (χ0) is 15.4. The average Bonchev–Trinajstić information content (AvgIpc) is 2.46. The molecule has 1 aliphatic heterocycles. The zero-order valence-corrected chi connectivity index (χ0v) is 11.8. The lowest BCUT2D eigenvalue weighted by atomic mass is 10.1. The van der Waals surface area contributed by atoms with Crippen molar-refractivity contribution >= 4 is 17.7 Å². The molecule has 2 rings (SSSR count). The van der Waals surface area contributed by atoms with Crippen molar-refractivity contribution in [2.75, 3.05) is 6.54 Å². The number of rotatable bonds is 4. The van der Waals surface area contributed by atoms with E-state index in [1.165, 1.54) is 0 Å². The molecule has 7 heteroatoms. The van der Waals surface area contributed by atoms with E-state index in [1.54, 1.807) is 6.92 Å². The lowest BCUT2D eigenvalue weighted by molar-refractivity contribution is -0.139. The Kier molecular flexibility index (Phi) is 4.66. The molecule has 112 valence electrons. The Bertz CT molecular complexity index is 556. The highest BCUT2D eigenvalue weighted by Crippen LogP contribution is 2.12. The number of nitrogens with zero attached hydrogens (tertiary/aromatic N) is 1. The maximum absolute atomic E-state index is 11.6. The first kappa shape index (κ1) is 15.1. The second kappa shape index (κ2) is 6.47. The summed E-state index contributed by atoms with van der Waals surface area (Å²) < 4.78 is 0. The molecular formula is C14H18N4O3. The van der Waals surface area contributed by atoms with Gasteiger partial charge < -0.3 is 0 Å². The van der Waals surface area contributed by atoms with Crippen molar-refractivity contribution in [3.8, 4) is 0 Å². The first-order valence-electron chi connectivity index (χ1n) is 6.64. The molecule has 3 amide bonds. The van der Waals surface area contributed by atoms with E-state index in [9.17, 15) is 14.4 Å². The highest BCUT2D eigenvalue weighted by atomic mass is 16.2. The Morgan fingerprint density at radius 2 is 1.95 bits per heavy atom. The van der Waals surface area contributed by atoms with Gasteiger partial charge in [0.2, 0.25) is 17.7 Å². The van der Waals surface area contributed by atoms with Crippen LogP contribution in [0.5, 0.6) is 0 Å². The molecule has 21 heavy (non-hydrogen) atoms. The van der Waals surface area contributed by atoms with Gasteiger partial charge in [0, 0.05) is 6.54 Å². The Hall–Kier alpha value is -2.25. The number of hydrogen-bond acceptors (Lipinski definition) is 5. The minimum Gasteiger partial charge on any atom is -0.294 e. The lowest BCUT2D eigenvalue weighted by Gasteiger charge is -2.31. The average molecular weight is 290 g/mol. The molecule has 0 aliphatic carbocycles. The van der Waals surface area contributed by atoms with Crippen LogP contribution in [-0.2, 0) is 27.3 Å². The van der Waals surface area contributed by atoms with E-state index in [1.807, 2.05) is 29.2 Å². The summed E-state index contributed by atoms with van der Waals surface area (Å²) in [5.41, 5.74) is 3.90. The fraction of sp³-hybridized carbons (Fsp3) is 0.357. The van der Waals surface area contributed by atoms with Gasteiger partial charge in [-0.2, -0.15) is 0 Å². The van der Waals surface area contributed by atoms with Crippen molar-refractivity contribution in [3.05, 3.63) is 35.4 Å². The van der Waals surface area contributed by atoms with Crippen molar-refractivity contribution < 1.29 is 14.4 Å². The van der Waals surface area contributed by atoms with Crippen molar-refractivity contribution in [3.63, 3.8) is 0 Å². The van der Waals surface area contributed by atoms with Crippen LogP contribution >= 0.6 is 0 Å². The fourth-order valence-electron chi connectivity index (χ4n) is 2.19. The van der Waals surface area contributed by atoms with Gasteiger partial charge in [0.05, 0.1) is 19.0 Å². The SMILES string of the molecule is CC1C(=O)NC(=O)CN1Cc1ccc(CC(=O)NN)cc1. The third-order valence-electron chi connectivity index (χ3n) is 3.47. The monoisotopic (exact) mass is 290 g/mol. The van der Waals surface area contributed by atoms with Gasteiger partial charge in [-0.25, -0.2) is 5.84 Å². The Morgan fingerprint density at radius 1 is 1.33 bits per heavy atom. The number of nitrogens with two attached hydrogens (primary N) is 1. The van der Waals surface area contributed by atoms with Gasteiger partial charge in [0.25, 0.3) is 0 Å². The minimum absolute atomic E-state index is 0.199. The Balaban J connectivity index is 2.01. The van der Waals surface area contributed by atoms with Gasteiger partial charge in [0.1, 0.15) is 0 Å². The maximum Gasteiger partial charge on any atom is 0.243 e. The van der Waals surface area contributed by atoms with Crippen LogP contribution < -0.4 is 16.6 Å². The number of hydrazine groups is 1. The van der Waals surface area contributed by atoms with E-state index in [4.69, 9.17) is 5.84 Å². The second-order valence-corrected chi connectivity index (χ2v) is 5.05. The summed E-state index contributed by atoms with van der Waals surface area (Å²) >= 11 is 0. The number of amides is 3. The van der Waals surface area contributed by atoms with Gasteiger partial charge in [-0.15, -0.1) is 0 Å². The molecule has 1 saturated heterocycles. The topological polar surface area (TPSA) is 105 Å². The number of hydrogen-bond donors (Lipinski definition) is 3. The molecule has 0 aromatic heterocycles. The molecule has 1 aromatic carbocycles. The number of benzene rings is 1. The fourth-order valence-corrected chi connectivity index (χ4v) is 2.19. The molecule has 0 saturated carbocycles. The molecule has 1 atom stereocenters. The summed E-state index contributed by atoms with van der Waals surface area (Å²) in [5, 5.41) is 2.31. The van der Waals surface area contributed by atoms with E-state index >= 15 is 0 Å². The summed E-state index contributed by atoms with van der Waals surface area (Å²) in [7, 11) is 0. The molecule has 0 spiro atoms. The van der Waals surface area contributed by atoms with Crippen molar-refractivity contribution in [1.29, 1.82) is 0 Å². The molecule has 1 aliphatic rings. The second-order valence-electron chi connectivity index (χ2n) is 5.05. The summed E-state index contributed by atoms with van der Waals surface area (Å²) in [5.74, 6) is 4.23. The number of carbonyl (C=O) groups excluding carboxylic acids is 3. The molecule has 1 fully saturated rings. The third kappa shape index (κ3) is 3.87. The smallest absolute Gasteiger partial charge is 0.243 e. The largest absolute Gasteiger partial charge is 0.294 e. The number of carbonyl (C=O) groups is 3. The molecule has 1 heterocycles. The van der Waals surface area contributed by atoms with E-state index < -0.39 is 0 Å². The molecule has 7 nitrogen and oxygen atoms in total. The van der Waals surface area contributed by atoms with Crippen LogP contribution in [0.2, 0.25) is 0 Å². The summed E-state index contributed by atoms with van der Waals surface area (Å²) in [6, 6.07) is 7.08. The van der Waals surface area contributed by atoms with Gasteiger partial charge in [-0.05, 0) is 18.1 Å². The first-order chi connectivity index (χ1) is 9.99. The Labute approximate surface area is 122 Å². The van der Waals surface area contributed by atoms with Crippen LogP contribution in [0.25, 0.3) is 0 Å². The van der Waals surface area contributed by atoms with Crippen LogP contribution in [0, 0.1) is 0 Å². The Morgan fingerprint density at radius 3 is 2.57 bits per heavy atom. The van der Waals surface area contributed by atoms with Crippen molar-refractivity contribution in [2.24, 2.45) is 5.84 Å². The van der Waals surface area contributed by atoms with Crippen LogP contribution in [-0.4, -0.2) is 35.2 Å². The van der Waals surface area contributed by atoms with Gasteiger partial charge in [-0.1, -0.05) is 24.3 Å². The highest BCUT2D eigenvalue weighted by molar-refractivity contribution is 6.00. The summed E-state index contributed by atoms with van der Waals surface area (Å²) in [6.45, 7) is 2.47. The molecule has 1 aromatic rings. The molecule has 4 N–H and O–H groups in total.